The van der Waals surface area contributed by atoms with Crippen LogP contribution in [-0.2, 0) is 10.0 Å². The Hall–Kier alpha value is -1.67. The molecular formula is C18H29FN4O2S. The molecule has 0 spiro atoms. The molecule has 0 bridgehead atoms. The van der Waals surface area contributed by atoms with Crippen molar-refractivity contribution in [3.8, 4) is 0 Å². The summed E-state index contributed by atoms with van der Waals surface area (Å²) in [5.41, 5.74) is 1.47. The zero-order valence-corrected chi connectivity index (χ0v) is 16.7. The number of aliphatic imine (C=N–C) groups is 1. The van der Waals surface area contributed by atoms with Crippen molar-refractivity contribution in [3.63, 3.8) is 0 Å². The zero-order chi connectivity index (χ0) is 19.3. The summed E-state index contributed by atoms with van der Waals surface area (Å²) < 4.78 is 38.5. The lowest BCUT2D eigenvalue weighted by Gasteiger charge is -2.19. The van der Waals surface area contributed by atoms with E-state index in [1.165, 1.54) is 16.6 Å². The van der Waals surface area contributed by atoms with E-state index in [2.05, 4.69) is 15.6 Å². The third-order valence-corrected chi connectivity index (χ3v) is 5.89. The third-order valence-electron chi connectivity index (χ3n) is 4.62. The summed E-state index contributed by atoms with van der Waals surface area (Å²) in [6.45, 7) is 8.01. The Bertz CT molecular complexity index is 752. The van der Waals surface area contributed by atoms with Gasteiger partial charge in [0.1, 0.15) is 5.82 Å². The fourth-order valence-corrected chi connectivity index (χ4v) is 3.87. The summed E-state index contributed by atoms with van der Waals surface area (Å²) in [5, 5.41) is 6.47. The van der Waals surface area contributed by atoms with Crippen LogP contribution in [-0.4, -0.2) is 51.1 Å². The number of rotatable bonds is 6. The first-order valence-electron chi connectivity index (χ1n) is 8.96. The maximum Gasteiger partial charge on any atom is 0.211 e. The first-order chi connectivity index (χ1) is 12.2. The van der Waals surface area contributed by atoms with Gasteiger partial charge in [0.05, 0.1) is 12.3 Å². The number of aryl methyl sites for hydroxylation is 1. The Kier molecular flexibility index (Phi) is 7.00. The van der Waals surface area contributed by atoms with Crippen molar-refractivity contribution in [2.75, 3.05) is 32.4 Å². The summed E-state index contributed by atoms with van der Waals surface area (Å²) in [6.07, 6.45) is 2.06. The lowest BCUT2D eigenvalue weighted by molar-refractivity contribution is 0.463. The SMILES string of the molecule is CCNC(=NCC1CCN(S(C)(=O)=O)C1)NC(C)c1ccc(C)c(F)c1. The molecule has 2 atom stereocenters. The number of hydrogen-bond acceptors (Lipinski definition) is 3. The first kappa shape index (κ1) is 20.6. The average molecular weight is 385 g/mol. The van der Waals surface area contributed by atoms with Crippen LogP contribution in [0.15, 0.2) is 23.2 Å². The molecular weight excluding hydrogens is 355 g/mol. The summed E-state index contributed by atoms with van der Waals surface area (Å²) in [7, 11) is -3.13. The highest BCUT2D eigenvalue weighted by atomic mass is 32.2. The smallest absolute Gasteiger partial charge is 0.211 e. The summed E-state index contributed by atoms with van der Waals surface area (Å²) in [6, 6.07) is 5.11. The largest absolute Gasteiger partial charge is 0.357 e. The molecule has 2 N–H and O–H groups in total. The van der Waals surface area contributed by atoms with Crippen molar-refractivity contribution in [1.82, 2.24) is 14.9 Å². The number of sulfonamides is 1. The van der Waals surface area contributed by atoms with E-state index >= 15 is 0 Å². The van der Waals surface area contributed by atoms with E-state index in [-0.39, 0.29) is 17.8 Å². The Morgan fingerprint density at radius 1 is 1.46 bits per heavy atom. The third kappa shape index (κ3) is 5.67. The second-order valence-corrected chi connectivity index (χ2v) is 8.85. The summed E-state index contributed by atoms with van der Waals surface area (Å²) in [4.78, 5) is 4.60. The maximum atomic E-state index is 13.8. The van der Waals surface area contributed by atoms with Crippen LogP contribution in [0.25, 0.3) is 0 Å². The van der Waals surface area contributed by atoms with E-state index in [1.54, 1.807) is 13.0 Å². The number of guanidine groups is 1. The minimum absolute atomic E-state index is 0.0982. The normalized spacial score (nSPS) is 20.2. The molecule has 0 radical (unpaired) electrons. The minimum Gasteiger partial charge on any atom is -0.357 e. The van der Waals surface area contributed by atoms with Gasteiger partial charge in [-0.1, -0.05) is 12.1 Å². The van der Waals surface area contributed by atoms with E-state index in [1.807, 2.05) is 19.9 Å². The number of halogens is 1. The Balaban J connectivity index is 1.99. The van der Waals surface area contributed by atoms with Crippen LogP contribution in [0.3, 0.4) is 0 Å². The molecule has 0 aliphatic carbocycles. The van der Waals surface area contributed by atoms with Crippen LogP contribution in [0.5, 0.6) is 0 Å². The van der Waals surface area contributed by atoms with Crippen molar-refractivity contribution in [2.45, 2.75) is 33.2 Å². The molecule has 1 fully saturated rings. The number of nitrogens with zero attached hydrogens (tertiary/aromatic N) is 2. The van der Waals surface area contributed by atoms with Crippen LogP contribution in [0.1, 0.15) is 37.4 Å². The molecule has 1 saturated heterocycles. The van der Waals surface area contributed by atoms with E-state index in [4.69, 9.17) is 0 Å². The Morgan fingerprint density at radius 2 is 2.19 bits per heavy atom. The molecule has 1 heterocycles. The van der Waals surface area contributed by atoms with Gasteiger partial charge in [0.25, 0.3) is 0 Å². The van der Waals surface area contributed by atoms with E-state index < -0.39 is 10.0 Å². The Labute approximate surface area is 155 Å². The fourth-order valence-electron chi connectivity index (χ4n) is 2.95. The highest BCUT2D eigenvalue weighted by Crippen LogP contribution is 2.19. The molecule has 2 rings (SSSR count). The molecule has 0 aromatic heterocycles. The molecule has 1 aliphatic rings. The Morgan fingerprint density at radius 3 is 2.77 bits per heavy atom. The molecule has 146 valence electrons. The van der Waals surface area contributed by atoms with Crippen molar-refractivity contribution in [2.24, 2.45) is 10.9 Å². The van der Waals surface area contributed by atoms with Crippen molar-refractivity contribution in [1.29, 1.82) is 0 Å². The van der Waals surface area contributed by atoms with Gasteiger partial charge in [0.15, 0.2) is 5.96 Å². The number of benzene rings is 1. The lowest BCUT2D eigenvalue weighted by Crippen LogP contribution is -2.39. The maximum absolute atomic E-state index is 13.8. The molecule has 1 aromatic rings. The minimum atomic E-state index is -3.13. The monoisotopic (exact) mass is 384 g/mol. The van der Waals surface area contributed by atoms with Gasteiger partial charge in [-0.2, -0.15) is 0 Å². The van der Waals surface area contributed by atoms with Gasteiger partial charge in [-0.05, 0) is 50.3 Å². The van der Waals surface area contributed by atoms with E-state index in [0.29, 0.717) is 37.7 Å². The number of hydrogen-bond donors (Lipinski definition) is 2. The second kappa shape index (κ2) is 8.81. The standard InChI is InChI=1S/C18H29FN4O2S/c1-5-20-18(21-11-15-8-9-23(12-15)26(4,24)25)22-14(3)16-7-6-13(2)17(19)10-16/h6-7,10,14-15H,5,8-9,11-12H2,1-4H3,(H2,20,21,22). The van der Waals surface area contributed by atoms with Crippen molar-refractivity contribution >= 4 is 16.0 Å². The molecule has 6 nitrogen and oxygen atoms in total. The first-order valence-corrected chi connectivity index (χ1v) is 10.8. The predicted molar refractivity (Wildman–Crippen MR) is 103 cm³/mol. The highest BCUT2D eigenvalue weighted by molar-refractivity contribution is 7.88. The van der Waals surface area contributed by atoms with Crippen LogP contribution in [0, 0.1) is 18.7 Å². The quantitative estimate of drug-likeness (QED) is 0.581. The van der Waals surface area contributed by atoms with Gasteiger partial charge in [0.2, 0.25) is 10.0 Å². The van der Waals surface area contributed by atoms with Gasteiger partial charge in [0, 0.05) is 26.2 Å². The van der Waals surface area contributed by atoms with Gasteiger partial charge < -0.3 is 10.6 Å². The second-order valence-electron chi connectivity index (χ2n) is 6.87. The van der Waals surface area contributed by atoms with Crippen molar-refractivity contribution in [3.05, 3.63) is 35.1 Å². The molecule has 8 heteroatoms. The van der Waals surface area contributed by atoms with E-state index in [9.17, 15) is 12.8 Å². The van der Waals surface area contributed by atoms with Gasteiger partial charge in [-0.25, -0.2) is 17.1 Å². The molecule has 1 aromatic carbocycles. The molecule has 26 heavy (non-hydrogen) atoms. The zero-order valence-electron chi connectivity index (χ0n) is 15.9. The fraction of sp³-hybridized carbons (Fsp3) is 0.611. The van der Waals surface area contributed by atoms with Crippen molar-refractivity contribution < 1.29 is 12.8 Å². The molecule has 1 aliphatic heterocycles. The predicted octanol–water partition coefficient (Wildman–Crippen LogP) is 2.03. The number of nitrogens with one attached hydrogen (secondary N) is 2. The molecule has 0 amide bonds. The van der Waals surface area contributed by atoms with Crippen LogP contribution >= 0.6 is 0 Å². The van der Waals surface area contributed by atoms with Gasteiger partial charge in [-0.3, -0.25) is 4.99 Å². The molecule has 2 unspecified atom stereocenters. The molecule has 0 saturated carbocycles. The average Bonchev–Trinajstić information content (AvgIpc) is 3.04. The summed E-state index contributed by atoms with van der Waals surface area (Å²) in [5.74, 6) is 0.649. The van der Waals surface area contributed by atoms with E-state index in [0.717, 1.165) is 12.0 Å². The highest BCUT2D eigenvalue weighted by Gasteiger charge is 2.28. The summed E-state index contributed by atoms with van der Waals surface area (Å²) >= 11 is 0. The van der Waals surface area contributed by atoms with Crippen LogP contribution in [0.4, 0.5) is 4.39 Å². The van der Waals surface area contributed by atoms with Gasteiger partial charge >= 0.3 is 0 Å². The van der Waals surface area contributed by atoms with Gasteiger partial charge in [-0.15, -0.1) is 0 Å². The van der Waals surface area contributed by atoms with Crippen LogP contribution < -0.4 is 10.6 Å². The topological polar surface area (TPSA) is 73.8 Å². The lowest BCUT2D eigenvalue weighted by atomic mass is 10.1. The van der Waals surface area contributed by atoms with Crippen LogP contribution in [0.2, 0.25) is 0 Å².